The standard InChI is InChI=1S/C8H3Br2N3O/c9-5-2-12-3-6(10)8(5)7(1-11)13-4-14/h2-3,7H. The second-order valence-corrected chi connectivity index (χ2v) is 3.98. The number of aliphatic imine (C=N–C) groups is 1. The maximum Gasteiger partial charge on any atom is 0.236 e. The van der Waals surface area contributed by atoms with Gasteiger partial charge in [0.1, 0.15) is 0 Å². The van der Waals surface area contributed by atoms with E-state index in [0.29, 0.717) is 14.5 Å². The van der Waals surface area contributed by atoms with E-state index in [2.05, 4.69) is 41.8 Å². The van der Waals surface area contributed by atoms with E-state index in [-0.39, 0.29) is 0 Å². The van der Waals surface area contributed by atoms with Gasteiger partial charge >= 0.3 is 0 Å². The number of isocyanates is 1. The molecule has 0 amide bonds. The van der Waals surface area contributed by atoms with Crippen LogP contribution in [0.1, 0.15) is 11.6 Å². The Hall–Kier alpha value is -1.02. The number of hydrogen-bond donors (Lipinski definition) is 0. The molecule has 0 bridgehead atoms. The van der Waals surface area contributed by atoms with Crippen LogP contribution in [0.3, 0.4) is 0 Å². The quantitative estimate of drug-likeness (QED) is 0.622. The first-order valence-electron chi connectivity index (χ1n) is 3.46. The molecule has 0 spiro atoms. The maximum absolute atomic E-state index is 10.1. The number of nitriles is 1. The predicted octanol–water partition coefficient (Wildman–Crippen LogP) is 2.51. The summed E-state index contributed by atoms with van der Waals surface area (Å²) in [6.45, 7) is 0. The molecule has 70 valence electrons. The molecule has 14 heavy (non-hydrogen) atoms. The van der Waals surface area contributed by atoms with Crippen LogP contribution in [0.2, 0.25) is 0 Å². The van der Waals surface area contributed by atoms with Gasteiger partial charge in [0.2, 0.25) is 6.08 Å². The van der Waals surface area contributed by atoms with Gasteiger partial charge in [-0.25, -0.2) is 4.79 Å². The molecule has 0 aliphatic carbocycles. The maximum atomic E-state index is 10.1. The SMILES string of the molecule is N#CC(N=C=O)c1c(Br)cncc1Br. The average Bonchev–Trinajstić information content (AvgIpc) is 2.16. The number of carbonyl (C=O) groups excluding carboxylic acids is 1. The van der Waals surface area contributed by atoms with E-state index in [1.165, 1.54) is 18.5 Å². The molecule has 1 unspecified atom stereocenters. The first-order chi connectivity index (χ1) is 6.70. The second kappa shape index (κ2) is 5.01. The molecule has 0 saturated heterocycles. The molecule has 4 nitrogen and oxygen atoms in total. The lowest BCUT2D eigenvalue weighted by atomic mass is 10.1. The van der Waals surface area contributed by atoms with Crippen LogP contribution in [-0.2, 0) is 4.79 Å². The van der Waals surface area contributed by atoms with E-state index in [4.69, 9.17) is 5.26 Å². The first-order valence-corrected chi connectivity index (χ1v) is 5.04. The van der Waals surface area contributed by atoms with Gasteiger partial charge in [-0.1, -0.05) is 0 Å². The molecule has 6 heteroatoms. The molecule has 0 aromatic carbocycles. The summed E-state index contributed by atoms with van der Waals surface area (Å²) in [5.41, 5.74) is 0.575. The van der Waals surface area contributed by atoms with Crippen molar-refractivity contribution < 1.29 is 4.79 Å². The third-order valence-corrected chi connectivity index (χ3v) is 2.73. The van der Waals surface area contributed by atoms with Crippen molar-refractivity contribution >= 4 is 37.9 Å². The average molecular weight is 317 g/mol. The first kappa shape index (κ1) is 11.1. The van der Waals surface area contributed by atoms with Crippen LogP contribution in [0.5, 0.6) is 0 Å². The number of halogens is 2. The Morgan fingerprint density at radius 1 is 1.43 bits per heavy atom. The lowest BCUT2D eigenvalue weighted by Gasteiger charge is -2.06. The molecule has 0 aliphatic heterocycles. The molecule has 1 atom stereocenters. The van der Waals surface area contributed by atoms with Crippen LogP contribution in [0.25, 0.3) is 0 Å². The fourth-order valence-corrected chi connectivity index (χ4v) is 2.26. The number of nitrogens with zero attached hydrogens (tertiary/aromatic N) is 3. The Bertz CT molecular complexity index is 414. The fourth-order valence-electron chi connectivity index (χ4n) is 0.893. The highest BCUT2D eigenvalue weighted by molar-refractivity contribution is 9.11. The van der Waals surface area contributed by atoms with Gasteiger partial charge in [0.05, 0.1) is 6.07 Å². The summed E-state index contributed by atoms with van der Waals surface area (Å²) in [7, 11) is 0. The highest BCUT2D eigenvalue weighted by atomic mass is 79.9. The van der Waals surface area contributed by atoms with Gasteiger partial charge in [-0.2, -0.15) is 10.3 Å². The van der Waals surface area contributed by atoms with Crippen LogP contribution >= 0.6 is 31.9 Å². The lowest BCUT2D eigenvalue weighted by Crippen LogP contribution is -1.95. The van der Waals surface area contributed by atoms with Gasteiger partial charge in [0.15, 0.2) is 6.04 Å². The Morgan fingerprint density at radius 2 is 2.00 bits per heavy atom. The Morgan fingerprint density at radius 3 is 2.43 bits per heavy atom. The van der Waals surface area contributed by atoms with E-state index >= 15 is 0 Å². The minimum Gasteiger partial charge on any atom is -0.262 e. The van der Waals surface area contributed by atoms with E-state index in [1.807, 2.05) is 6.07 Å². The van der Waals surface area contributed by atoms with Gasteiger partial charge in [0, 0.05) is 26.9 Å². The van der Waals surface area contributed by atoms with Crippen LogP contribution in [0.4, 0.5) is 0 Å². The van der Waals surface area contributed by atoms with Crippen molar-refractivity contribution in [3.8, 4) is 6.07 Å². The van der Waals surface area contributed by atoms with E-state index in [9.17, 15) is 4.79 Å². The Labute approximate surface area is 96.9 Å². The van der Waals surface area contributed by atoms with Crippen molar-refractivity contribution in [1.29, 1.82) is 5.26 Å². The van der Waals surface area contributed by atoms with Crippen molar-refractivity contribution in [3.63, 3.8) is 0 Å². The zero-order chi connectivity index (χ0) is 10.6. The predicted molar refractivity (Wildman–Crippen MR) is 56.1 cm³/mol. The van der Waals surface area contributed by atoms with Crippen LogP contribution in [-0.4, -0.2) is 11.1 Å². The Balaban J connectivity index is 3.30. The molecule has 1 rings (SSSR count). The molecule has 0 saturated carbocycles. The summed E-state index contributed by atoms with van der Waals surface area (Å²) >= 11 is 6.45. The van der Waals surface area contributed by atoms with E-state index in [0.717, 1.165) is 0 Å². The highest BCUT2D eigenvalue weighted by Gasteiger charge is 2.16. The topological polar surface area (TPSA) is 66.1 Å². The zero-order valence-electron chi connectivity index (χ0n) is 6.74. The third-order valence-electron chi connectivity index (χ3n) is 1.47. The number of pyridine rings is 1. The van der Waals surface area contributed by atoms with Gasteiger partial charge in [-0.05, 0) is 31.9 Å². The summed E-state index contributed by atoms with van der Waals surface area (Å²) in [6.07, 6.45) is 4.43. The number of aromatic nitrogens is 1. The summed E-state index contributed by atoms with van der Waals surface area (Å²) in [5.74, 6) is 0. The summed E-state index contributed by atoms with van der Waals surface area (Å²) < 4.78 is 1.25. The van der Waals surface area contributed by atoms with Gasteiger partial charge in [0.25, 0.3) is 0 Å². The number of hydrogen-bond acceptors (Lipinski definition) is 4. The molecule has 0 N–H and O–H groups in total. The van der Waals surface area contributed by atoms with Gasteiger partial charge in [-0.3, -0.25) is 4.98 Å². The molecular formula is C8H3Br2N3O. The molecular weight excluding hydrogens is 314 g/mol. The van der Waals surface area contributed by atoms with Gasteiger partial charge < -0.3 is 0 Å². The largest absolute Gasteiger partial charge is 0.262 e. The molecule has 1 heterocycles. The molecule has 1 aromatic heterocycles. The molecule has 0 radical (unpaired) electrons. The fraction of sp³-hybridized carbons (Fsp3) is 0.125. The number of rotatable bonds is 2. The van der Waals surface area contributed by atoms with Crippen molar-refractivity contribution in [2.24, 2.45) is 4.99 Å². The minimum atomic E-state index is -0.862. The van der Waals surface area contributed by atoms with Crippen molar-refractivity contribution in [2.75, 3.05) is 0 Å². The van der Waals surface area contributed by atoms with Crippen LogP contribution in [0.15, 0.2) is 26.3 Å². The van der Waals surface area contributed by atoms with Crippen molar-refractivity contribution in [3.05, 3.63) is 26.9 Å². The molecule has 0 aliphatic rings. The van der Waals surface area contributed by atoms with Crippen LogP contribution < -0.4 is 0 Å². The summed E-state index contributed by atoms with van der Waals surface area (Å²) in [5, 5.41) is 8.77. The lowest BCUT2D eigenvalue weighted by molar-refractivity contribution is 0.561. The monoisotopic (exact) mass is 315 g/mol. The third kappa shape index (κ3) is 2.26. The second-order valence-electron chi connectivity index (χ2n) is 2.27. The van der Waals surface area contributed by atoms with Gasteiger partial charge in [-0.15, -0.1) is 0 Å². The zero-order valence-corrected chi connectivity index (χ0v) is 9.91. The summed E-state index contributed by atoms with van der Waals surface area (Å²) in [4.78, 5) is 17.3. The highest BCUT2D eigenvalue weighted by Crippen LogP contribution is 2.31. The molecule has 1 aromatic rings. The van der Waals surface area contributed by atoms with E-state index in [1.54, 1.807) is 0 Å². The van der Waals surface area contributed by atoms with Crippen molar-refractivity contribution in [2.45, 2.75) is 6.04 Å². The smallest absolute Gasteiger partial charge is 0.236 e. The van der Waals surface area contributed by atoms with Crippen LogP contribution in [0, 0.1) is 11.3 Å². The summed E-state index contributed by atoms with van der Waals surface area (Å²) in [6, 6.07) is 1.02. The van der Waals surface area contributed by atoms with Crippen molar-refractivity contribution in [1.82, 2.24) is 4.98 Å². The Kier molecular flexibility index (Phi) is 3.96. The minimum absolute atomic E-state index is 0.575. The van der Waals surface area contributed by atoms with E-state index < -0.39 is 6.04 Å². The normalized spacial score (nSPS) is 11.2. The molecule has 0 fully saturated rings.